The topological polar surface area (TPSA) is 46.5 Å². The zero-order valence-corrected chi connectivity index (χ0v) is 12.3. The quantitative estimate of drug-likeness (QED) is 0.909. The number of rotatable bonds is 4. The Balaban J connectivity index is 2.35. The van der Waals surface area contributed by atoms with Crippen LogP contribution < -0.4 is 4.74 Å². The molecule has 2 rings (SSSR count). The van der Waals surface area contributed by atoms with Gasteiger partial charge in [0.15, 0.2) is 0 Å². The fraction of sp³-hybridized carbons (Fsp3) is 0.133. The van der Waals surface area contributed by atoms with Gasteiger partial charge in [-0.15, -0.1) is 0 Å². The molecule has 0 radical (unpaired) electrons. The molecular formula is C15H12BrFO3. The summed E-state index contributed by atoms with van der Waals surface area (Å²) in [5.74, 6) is -1.61. The molecule has 0 bridgehead atoms. The van der Waals surface area contributed by atoms with Crippen LogP contribution in [0.4, 0.5) is 4.39 Å². The van der Waals surface area contributed by atoms with Gasteiger partial charge in [-0.3, -0.25) is 0 Å². The maximum Gasteiger partial charge on any atom is 0.339 e. The number of hydrogen-bond donors (Lipinski definition) is 1. The number of carboxylic acid groups (broad SMARTS) is 1. The van der Waals surface area contributed by atoms with E-state index in [1.807, 2.05) is 30.3 Å². The lowest BCUT2D eigenvalue weighted by molar-refractivity contribution is 0.0691. The molecule has 20 heavy (non-hydrogen) atoms. The Labute approximate surface area is 124 Å². The number of carboxylic acids is 1. The average molecular weight is 339 g/mol. The highest BCUT2D eigenvalue weighted by Gasteiger charge is 2.19. The van der Waals surface area contributed by atoms with Crippen molar-refractivity contribution < 1.29 is 19.0 Å². The number of halogens is 2. The Morgan fingerprint density at radius 1 is 1.35 bits per heavy atom. The van der Waals surface area contributed by atoms with Crippen molar-refractivity contribution >= 4 is 21.9 Å². The number of hydrogen-bond acceptors (Lipinski definition) is 2. The van der Waals surface area contributed by atoms with Gasteiger partial charge in [0.05, 0.1) is 4.47 Å². The van der Waals surface area contributed by atoms with Crippen LogP contribution in [-0.4, -0.2) is 11.1 Å². The van der Waals surface area contributed by atoms with Crippen molar-refractivity contribution in [1.29, 1.82) is 0 Å². The van der Waals surface area contributed by atoms with Crippen LogP contribution in [0.3, 0.4) is 0 Å². The fourth-order valence-electron chi connectivity index (χ4n) is 1.81. The predicted molar refractivity (Wildman–Crippen MR) is 76.6 cm³/mol. The van der Waals surface area contributed by atoms with E-state index in [1.54, 1.807) is 0 Å². The van der Waals surface area contributed by atoms with Gasteiger partial charge >= 0.3 is 5.97 Å². The third kappa shape index (κ3) is 2.99. The summed E-state index contributed by atoms with van der Waals surface area (Å²) < 4.78 is 19.5. The van der Waals surface area contributed by atoms with Crippen LogP contribution in [0.2, 0.25) is 0 Å². The Morgan fingerprint density at radius 2 is 2.00 bits per heavy atom. The van der Waals surface area contributed by atoms with Crippen molar-refractivity contribution in [3.05, 3.63) is 63.4 Å². The molecule has 0 aliphatic heterocycles. The number of aromatic carboxylic acids is 1. The zero-order chi connectivity index (χ0) is 14.7. The van der Waals surface area contributed by atoms with E-state index in [0.717, 1.165) is 5.56 Å². The van der Waals surface area contributed by atoms with Gasteiger partial charge in [-0.2, -0.15) is 0 Å². The molecule has 2 aromatic carbocycles. The maximum absolute atomic E-state index is 13.8. The predicted octanol–water partition coefficient (Wildman–Crippen LogP) is 4.17. The Bertz CT molecular complexity index is 641. The van der Waals surface area contributed by atoms with Gasteiger partial charge in [0, 0.05) is 5.56 Å². The molecule has 5 heteroatoms. The molecule has 104 valence electrons. The second kappa shape index (κ2) is 6.05. The van der Waals surface area contributed by atoms with E-state index in [4.69, 9.17) is 4.74 Å². The summed E-state index contributed by atoms with van der Waals surface area (Å²) >= 11 is 3.00. The van der Waals surface area contributed by atoms with Gasteiger partial charge in [0.2, 0.25) is 0 Å². The molecule has 0 aromatic heterocycles. The summed E-state index contributed by atoms with van der Waals surface area (Å²) in [5.41, 5.74) is 0.992. The number of ether oxygens (including phenoxy) is 1. The minimum absolute atomic E-state index is 0.0575. The summed E-state index contributed by atoms with van der Waals surface area (Å²) in [4.78, 5) is 11.2. The minimum atomic E-state index is -1.16. The molecule has 0 atom stereocenters. The molecule has 0 saturated carbocycles. The van der Waals surface area contributed by atoms with Crippen LogP contribution >= 0.6 is 15.9 Å². The van der Waals surface area contributed by atoms with Crippen molar-refractivity contribution in [1.82, 2.24) is 0 Å². The molecule has 0 aliphatic carbocycles. The summed E-state index contributed by atoms with van der Waals surface area (Å²) in [6.07, 6.45) is 0. The first-order chi connectivity index (χ1) is 9.50. The molecule has 1 N–H and O–H groups in total. The first-order valence-corrected chi connectivity index (χ1v) is 6.68. The van der Waals surface area contributed by atoms with Crippen molar-refractivity contribution in [2.24, 2.45) is 0 Å². The van der Waals surface area contributed by atoms with E-state index in [-0.39, 0.29) is 28.0 Å². The monoisotopic (exact) mass is 338 g/mol. The van der Waals surface area contributed by atoms with Crippen LogP contribution in [0.5, 0.6) is 5.75 Å². The van der Waals surface area contributed by atoms with Crippen molar-refractivity contribution in [2.45, 2.75) is 13.5 Å². The van der Waals surface area contributed by atoms with E-state index in [1.165, 1.54) is 13.0 Å². The molecule has 0 amide bonds. The lowest BCUT2D eigenvalue weighted by Crippen LogP contribution is -2.07. The molecule has 0 aliphatic rings. The van der Waals surface area contributed by atoms with E-state index in [2.05, 4.69) is 15.9 Å². The third-order valence-corrected chi connectivity index (χ3v) is 3.43. The highest BCUT2D eigenvalue weighted by Crippen LogP contribution is 2.32. The van der Waals surface area contributed by atoms with Crippen LogP contribution in [0, 0.1) is 12.7 Å². The van der Waals surface area contributed by atoms with Crippen LogP contribution in [0.15, 0.2) is 40.9 Å². The van der Waals surface area contributed by atoms with E-state index < -0.39 is 11.8 Å². The molecule has 0 fully saturated rings. The van der Waals surface area contributed by atoms with Crippen molar-refractivity contribution in [2.75, 3.05) is 0 Å². The molecule has 0 unspecified atom stereocenters. The summed E-state index contributed by atoms with van der Waals surface area (Å²) in [6.45, 7) is 1.68. The van der Waals surface area contributed by atoms with Crippen molar-refractivity contribution in [3.63, 3.8) is 0 Å². The minimum Gasteiger partial charge on any atom is -0.488 e. The van der Waals surface area contributed by atoms with E-state index in [0.29, 0.717) is 0 Å². The second-order valence-electron chi connectivity index (χ2n) is 4.25. The SMILES string of the molecule is Cc1c(F)c(Br)cc(C(=O)O)c1OCc1ccccc1. The first-order valence-electron chi connectivity index (χ1n) is 5.89. The fourth-order valence-corrected chi connectivity index (χ4v) is 2.34. The van der Waals surface area contributed by atoms with Crippen LogP contribution in [-0.2, 0) is 6.61 Å². The van der Waals surface area contributed by atoms with Gasteiger partial charge in [-0.05, 0) is 34.5 Å². The molecular weight excluding hydrogens is 327 g/mol. The Hall–Kier alpha value is -1.88. The lowest BCUT2D eigenvalue weighted by atomic mass is 10.1. The number of carbonyl (C=O) groups is 1. The summed E-state index contributed by atoms with van der Waals surface area (Å²) in [7, 11) is 0. The largest absolute Gasteiger partial charge is 0.488 e. The van der Waals surface area contributed by atoms with Gasteiger partial charge in [0.1, 0.15) is 23.7 Å². The van der Waals surface area contributed by atoms with Crippen molar-refractivity contribution in [3.8, 4) is 5.75 Å². The lowest BCUT2D eigenvalue weighted by Gasteiger charge is -2.13. The zero-order valence-electron chi connectivity index (χ0n) is 10.7. The summed E-state index contributed by atoms with van der Waals surface area (Å²) in [6, 6.07) is 10.5. The Morgan fingerprint density at radius 3 is 2.60 bits per heavy atom. The second-order valence-corrected chi connectivity index (χ2v) is 5.11. The van der Waals surface area contributed by atoms with Gasteiger partial charge in [-0.1, -0.05) is 30.3 Å². The first kappa shape index (κ1) is 14.5. The molecule has 0 heterocycles. The standard InChI is InChI=1S/C15H12BrFO3/c1-9-13(17)12(16)7-11(15(18)19)14(9)20-8-10-5-3-2-4-6-10/h2-7H,8H2,1H3,(H,18,19). The normalized spacial score (nSPS) is 10.3. The van der Waals surface area contributed by atoms with E-state index >= 15 is 0 Å². The Kier molecular flexibility index (Phi) is 4.39. The van der Waals surface area contributed by atoms with Crippen LogP contribution in [0.1, 0.15) is 21.5 Å². The van der Waals surface area contributed by atoms with Gasteiger partial charge in [-0.25, -0.2) is 9.18 Å². The van der Waals surface area contributed by atoms with Gasteiger partial charge < -0.3 is 9.84 Å². The smallest absolute Gasteiger partial charge is 0.339 e. The van der Waals surface area contributed by atoms with Gasteiger partial charge in [0.25, 0.3) is 0 Å². The molecule has 2 aromatic rings. The molecule has 0 saturated heterocycles. The molecule has 3 nitrogen and oxygen atoms in total. The highest BCUT2D eigenvalue weighted by molar-refractivity contribution is 9.10. The third-order valence-electron chi connectivity index (χ3n) is 2.85. The molecule has 0 spiro atoms. The average Bonchev–Trinajstić information content (AvgIpc) is 2.44. The highest BCUT2D eigenvalue weighted by atomic mass is 79.9. The van der Waals surface area contributed by atoms with E-state index in [9.17, 15) is 14.3 Å². The maximum atomic E-state index is 13.8. The summed E-state index contributed by atoms with van der Waals surface area (Å²) in [5, 5.41) is 9.18. The van der Waals surface area contributed by atoms with Crippen LogP contribution in [0.25, 0.3) is 0 Å². The number of benzene rings is 2.